The summed E-state index contributed by atoms with van der Waals surface area (Å²) >= 11 is 6.09. The van der Waals surface area contributed by atoms with Crippen LogP contribution < -0.4 is 0 Å². The van der Waals surface area contributed by atoms with Crippen LogP contribution >= 0.6 is 11.6 Å². The normalized spacial score (nSPS) is 16.6. The lowest BCUT2D eigenvalue weighted by Crippen LogP contribution is -2.10. The van der Waals surface area contributed by atoms with Crippen molar-refractivity contribution in [2.75, 3.05) is 0 Å². The first kappa shape index (κ1) is 13.9. The van der Waals surface area contributed by atoms with E-state index in [1.165, 1.54) is 32.1 Å². The first-order valence-electron chi connectivity index (χ1n) is 7.73. The molecule has 0 aliphatic heterocycles. The molecule has 0 N–H and O–H groups in total. The summed E-state index contributed by atoms with van der Waals surface area (Å²) in [6.45, 7) is 6.05. The summed E-state index contributed by atoms with van der Waals surface area (Å²) in [6, 6.07) is 0. The van der Waals surface area contributed by atoms with Crippen LogP contribution in [0.15, 0.2) is 0 Å². The molecule has 0 atom stereocenters. The predicted molar refractivity (Wildman–Crippen MR) is 82.1 cm³/mol. The Morgan fingerprint density at radius 3 is 2.70 bits per heavy atom. The molecule has 1 saturated carbocycles. The Bertz CT molecular complexity index is 593. The Balaban J connectivity index is 1.93. The average Bonchev–Trinajstić information content (AvgIpc) is 3.14. The zero-order valence-electron chi connectivity index (χ0n) is 12.4. The van der Waals surface area contributed by atoms with Gasteiger partial charge in [-0.1, -0.05) is 25.7 Å². The van der Waals surface area contributed by atoms with Gasteiger partial charge in [0.1, 0.15) is 11.3 Å². The molecule has 0 saturated heterocycles. The maximum atomic E-state index is 6.09. The van der Waals surface area contributed by atoms with Gasteiger partial charge in [-0.05, 0) is 26.2 Å². The molecule has 0 amide bonds. The van der Waals surface area contributed by atoms with Crippen molar-refractivity contribution >= 4 is 22.8 Å². The summed E-state index contributed by atoms with van der Waals surface area (Å²) in [5, 5.41) is 4.57. The minimum atomic E-state index is 0.475. The number of aryl methyl sites for hydroxylation is 3. The molecule has 20 heavy (non-hydrogen) atoms. The van der Waals surface area contributed by atoms with E-state index in [1.807, 2.05) is 6.92 Å². The second-order valence-electron chi connectivity index (χ2n) is 5.83. The minimum absolute atomic E-state index is 0.475. The third-order valence-electron chi connectivity index (χ3n) is 4.53. The lowest BCUT2D eigenvalue weighted by atomic mass is 10.0. The van der Waals surface area contributed by atoms with Gasteiger partial charge in [0.25, 0.3) is 0 Å². The molecule has 2 aromatic rings. The van der Waals surface area contributed by atoms with Crippen LogP contribution in [-0.4, -0.2) is 19.3 Å². The zero-order valence-corrected chi connectivity index (χ0v) is 13.2. The molecule has 0 aromatic carbocycles. The second kappa shape index (κ2) is 5.76. The van der Waals surface area contributed by atoms with Crippen LogP contribution in [0.1, 0.15) is 50.5 Å². The van der Waals surface area contributed by atoms with Crippen LogP contribution in [0, 0.1) is 12.8 Å². The fourth-order valence-electron chi connectivity index (χ4n) is 3.44. The summed E-state index contributed by atoms with van der Waals surface area (Å²) in [5.41, 5.74) is 3.18. The molecular weight excluding hydrogens is 272 g/mol. The van der Waals surface area contributed by atoms with Crippen molar-refractivity contribution in [3.8, 4) is 0 Å². The number of nitrogens with zero attached hydrogens (tertiary/aromatic N) is 4. The topological polar surface area (TPSA) is 35.6 Å². The van der Waals surface area contributed by atoms with Crippen molar-refractivity contribution in [3.63, 3.8) is 0 Å². The van der Waals surface area contributed by atoms with Gasteiger partial charge in [-0.2, -0.15) is 5.10 Å². The highest BCUT2D eigenvalue weighted by Crippen LogP contribution is 2.29. The number of hydrogen-bond acceptors (Lipinski definition) is 2. The van der Waals surface area contributed by atoms with E-state index >= 15 is 0 Å². The Morgan fingerprint density at radius 1 is 1.30 bits per heavy atom. The monoisotopic (exact) mass is 294 g/mol. The first-order chi connectivity index (χ1) is 9.74. The van der Waals surface area contributed by atoms with E-state index in [4.69, 9.17) is 16.6 Å². The van der Waals surface area contributed by atoms with Crippen LogP contribution in [0.3, 0.4) is 0 Å². The van der Waals surface area contributed by atoms with Gasteiger partial charge in [0, 0.05) is 13.1 Å². The molecule has 1 aliphatic rings. The van der Waals surface area contributed by atoms with E-state index in [-0.39, 0.29) is 0 Å². The Morgan fingerprint density at radius 2 is 2.05 bits per heavy atom. The number of hydrogen-bond donors (Lipinski definition) is 0. The number of alkyl halides is 1. The van der Waals surface area contributed by atoms with Crippen LogP contribution in [-0.2, 0) is 19.0 Å². The van der Waals surface area contributed by atoms with Crippen LogP contribution in [0.5, 0.6) is 0 Å². The van der Waals surface area contributed by atoms with Crippen molar-refractivity contribution in [3.05, 3.63) is 11.5 Å². The van der Waals surface area contributed by atoms with Gasteiger partial charge in [0.15, 0.2) is 5.65 Å². The molecule has 0 bridgehead atoms. The molecular formula is C15H23ClN4. The maximum Gasteiger partial charge on any atom is 0.158 e. The van der Waals surface area contributed by atoms with Crippen LogP contribution in [0.25, 0.3) is 11.2 Å². The Kier molecular flexibility index (Phi) is 4.01. The van der Waals surface area contributed by atoms with Gasteiger partial charge in [0.05, 0.1) is 11.6 Å². The van der Waals surface area contributed by atoms with Crippen LogP contribution in [0.4, 0.5) is 0 Å². The number of aromatic nitrogens is 4. The van der Waals surface area contributed by atoms with Crippen molar-refractivity contribution in [2.24, 2.45) is 5.92 Å². The lowest BCUT2D eigenvalue weighted by Gasteiger charge is -2.12. The van der Waals surface area contributed by atoms with E-state index in [0.717, 1.165) is 41.7 Å². The largest absolute Gasteiger partial charge is 0.312 e. The Hall–Kier alpha value is -1.03. The Labute approximate surface area is 125 Å². The van der Waals surface area contributed by atoms with Crippen LogP contribution in [0.2, 0.25) is 0 Å². The molecule has 0 unspecified atom stereocenters. The van der Waals surface area contributed by atoms with Crippen molar-refractivity contribution < 1.29 is 0 Å². The summed E-state index contributed by atoms with van der Waals surface area (Å²) in [4.78, 5) is 4.69. The first-order valence-corrected chi connectivity index (χ1v) is 8.26. The molecule has 5 heteroatoms. The quantitative estimate of drug-likeness (QED) is 0.785. The maximum absolute atomic E-state index is 6.09. The van der Waals surface area contributed by atoms with Gasteiger partial charge in [0.2, 0.25) is 0 Å². The number of fused-ring (bicyclic) bond motifs is 1. The van der Waals surface area contributed by atoms with Crippen molar-refractivity contribution in [1.82, 2.24) is 19.3 Å². The minimum Gasteiger partial charge on any atom is -0.312 e. The van der Waals surface area contributed by atoms with Gasteiger partial charge >= 0.3 is 0 Å². The van der Waals surface area contributed by atoms with E-state index in [1.54, 1.807) is 0 Å². The SMILES string of the molecule is CCn1nc(C)c2nc(CCl)n(CCC3CCCC3)c21. The number of rotatable bonds is 5. The number of halogens is 1. The highest BCUT2D eigenvalue weighted by Gasteiger charge is 2.20. The fourth-order valence-corrected chi connectivity index (χ4v) is 3.64. The molecule has 1 aliphatic carbocycles. The van der Waals surface area contributed by atoms with Crippen molar-refractivity contribution in [2.45, 2.75) is 64.9 Å². The van der Waals surface area contributed by atoms with Gasteiger partial charge in [-0.15, -0.1) is 11.6 Å². The third kappa shape index (κ3) is 2.34. The molecule has 0 spiro atoms. The average molecular weight is 295 g/mol. The summed E-state index contributed by atoms with van der Waals surface area (Å²) in [5.74, 6) is 2.35. The predicted octanol–water partition coefficient (Wildman–Crippen LogP) is 3.88. The van der Waals surface area contributed by atoms with E-state index in [2.05, 4.69) is 21.3 Å². The molecule has 110 valence electrons. The van der Waals surface area contributed by atoms with Gasteiger partial charge in [-0.3, -0.25) is 0 Å². The zero-order chi connectivity index (χ0) is 14.1. The summed E-state index contributed by atoms with van der Waals surface area (Å²) < 4.78 is 4.35. The molecule has 4 nitrogen and oxygen atoms in total. The molecule has 1 fully saturated rings. The highest BCUT2D eigenvalue weighted by molar-refractivity contribution is 6.16. The smallest absolute Gasteiger partial charge is 0.158 e. The summed E-state index contributed by atoms with van der Waals surface area (Å²) in [6.07, 6.45) is 6.82. The third-order valence-corrected chi connectivity index (χ3v) is 4.77. The highest BCUT2D eigenvalue weighted by atomic mass is 35.5. The van der Waals surface area contributed by atoms with E-state index < -0.39 is 0 Å². The summed E-state index contributed by atoms with van der Waals surface area (Å²) in [7, 11) is 0. The molecule has 3 rings (SSSR count). The molecule has 0 radical (unpaired) electrons. The van der Waals surface area contributed by atoms with E-state index in [0.29, 0.717) is 5.88 Å². The fraction of sp³-hybridized carbons (Fsp3) is 0.733. The molecule has 2 heterocycles. The second-order valence-corrected chi connectivity index (χ2v) is 6.09. The van der Waals surface area contributed by atoms with Gasteiger partial charge < -0.3 is 4.57 Å². The number of imidazole rings is 1. The lowest BCUT2D eigenvalue weighted by molar-refractivity contribution is 0.454. The van der Waals surface area contributed by atoms with Crippen molar-refractivity contribution in [1.29, 1.82) is 0 Å². The van der Waals surface area contributed by atoms with Gasteiger partial charge in [-0.25, -0.2) is 9.67 Å². The molecule has 2 aromatic heterocycles. The standard InChI is InChI=1S/C15H23ClN4/c1-3-20-15-14(11(2)18-20)17-13(10-16)19(15)9-8-12-6-4-5-7-12/h12H,3-10H2,1-2H3. The van der Waals surface area contributed by atoms with E-state index in [9.17, 15) is 0 Å².